The summed E-state index contributed by atoms with van der Waals surface area (Å²) in [6.07, 6.45) is 0. The first kappa shape index (κ1) is 17.4. The molecule has 0 atom stereocenters. The Labute approximate surface area is 108 Å². The average molecular weight is 187 g/mol. The Kier molecular flexibility index (Phi) is 13.3. The van der Waals surface area contributed by atoms with E-state index in [1.54, 1.807) is 14.1 Å². The van der Waals surface area contributed by atoms with Crippen LogP contribution in [0.3, 0.4) is 0 Å². The van der Waals surface area contributed by atoms with Gasteiger partial charge in [-0.1, -0.05) is 0 Å². The van der Waals surface area contributed by atoms with Crippen LogP contribution in [0.4, 0.5) is 0 Å². The van der Waals surface area contributed by atoms with Gasteiger partial charge in [0.15, 0.2) is 11.9 Å². The fourth-order valence-electron chi connectivity index (χ4n) is 0.239. The molecule has 5 N–H and O–H groups in total. The zero-order valence-corrected chi connectivity index (χ0v) is 10.0. The SMILES string of the molecule is CN(C)C(=N)NC(=N)N.[F-].[K+]. The van der Waals surface area contributed by atoms with Gasteiger partial charge in [-0.2, -0.15) is 0 Å². The molecule has 0 unspecified atom stereocenters. The van der Waals surface area contributed by atoms with Crippen molar-refractivity contribution < 1.29 is 56.1 Å². The van der Waals surface area contributed by atoms with Crippen molar-refractivity contribution >= 4 is 11.9 Å². The minimum atomic E-state index is -0.214. The Hall–Kier alpha value is 0.306. The molecule has 0 radical (unpaired) electrons. The summed E-state index contributed by atoms with van der Waals surface area (Å²) in [6, 6.07) is 0. The van der Waals surface area contributed by atoms with Crippen LogP contribution < -0.4 is 67.1 Å². The predicted molar refractivity (Wildman–Crippen MR) is 36.5 cm³/mol. The molecule has 0 rings (SSSR count). The number of guanidine groups is 2. The van der Waals surface area contributed by atoms with Crippen LogP contribution in [-0.4, -0.2) is 30.9 Å². The molecule has 0 aliphatic heterocycles. The molecule has 0 amide bonds. The van der Waals surface area contributed by atoms with Crippen LogP contribution in [-0.2, 0) is 0 Å². The van der Waals surface area contributed by atoms with Gasteiger partial charge in [-0.25, -0.2) is 0 Å². The normalized spacial score (nSPS) is 6.73. The van der Waals surface area contributed by atoms with Crippen molar-refractivity contribution in [2.75, 3.05) is 14.1 Å². The van der Waals surface area contributed by atoms with Crippen molar-refractivity contribution in [2.24, 2.45) is 5.73 Å². The fraction of sp³-hybridized carbons (Fsp3) is 0.500. The molecule has 0 heterocycles. The third kappa shape index (κ3) is 10.3. The van der Waals surface area contributed by atoms with E-state index in [9.17, 15) is 0 Å². The number of halogens is 1. The van der Waals surface area contributed by atoms with Crippen molar-refractivity contribution in [3.05, 3.63) is 0 Å². The van der Waals surface area contributed by atoms with Gasteiger partial charge in [0.25, 0.3) is 0 Å². The molecule has 0 spiro atoms. The molecule has 0 bridgehead atoms. The van der Waals surface area contributed by atoms with Crippen LogP contribution in [0.15, 0.2) is 0 Å². The Morgan fingerprint density at radius 1 is 1.36 bits per heavy atom. The average Bonchev–Trinajstić information content (AvgIpc) is 1.63. The molecular weight excluding hydrogens is 176 g/mol. The zero-order chi connectivity index (χ0) is 7.44. The van der Waals surface area contributed by atoms with Crippen LogP contribution in [0.2, 0.25) is 0 Å². The second kappa shape index (κ2) is 8.40. The Bertz CT molecular complexity index is 136. The molecule has 5 nitrogen and oxygen atoms in total. The van der Waals surface area contributed by atoms with E-state index in [1.807, 2.05) is 0 Å². The van der Waals surface area contributed by atoms with Crippen LogP contribution in [0, 0.1) is 10.8 Å². The van der Waals surface area contributed by atoms with E-state index in [4.69, 9.17) is 16.6 Å². The number of nitrogens with two attached hydrogens (primary N) is 1. The van der Waals surface area contributed by atoms with E-state index in [0.29, 0.717) is 0 Å². The monoisotopic (exact) mass is 187 g/mol. The van der Waals surface area contributed by atoms with Gasteiger partial charge >= 0.3 is 51.4 Å². The maximum absolute atomic E-state index is 7.07. The van der Waals surface area contributed by atoms with Gasteiger partial charge < -0.3 is 15.3 Å². The summed E-state index contributed by atoms with van der Waals surface area (Å²) < 4.78 is 0. The maximum Gasteiger partial charge on any atom is 1.00 e. The summed E-state index contributed by atoms with van der Waals surface area (Å²) in [7, 11) is 3.39. The largest absolute Gasteiger partial charge is 1.00 e. The molecule has 0 aromatic carbocycles. The molecule has 0 fully saturated rings. The van der Waals surface area contributed by atoms with Crippen LogP contribution in [0.5, 0.6) is 0 Å². The molecule has 0 aromatic heterocycles. The minimum Gasteiger partial charge on any atom is -1.00 e. The Morgan fingerprint density at radius 2 is 1.73 bits per heavy atom. The van der Waals surface area contributed by atoms with Gasteiger partial charge in [-0.3, -0.25) is 16.1 Å². The van der Waals surface area contributed by atoms with Crippen LogP contribution in [0.25, 0.3) is 0 Å². The molecular formula is C4H11FKN5. The molecule has 0 aliphatic rings. The van der Waals surface area contributed by atoms with E-state index in [-0.39, 0.29) is 68.0 Å². The Balaban J connectivity index is -0.000000320. The summed E-state index contributed by atoms with van der Waals surface area (Å²) in [6.45, 7) is 0. The van der Waals surface area contributed by atoms with E-state index in [2.05, 4.69) is 5.32 Å². The number of rotatable bonds is 0. The van der Waals surface area contributed by atoms with Gasteiger partial charge in [-0.05, 0) is 0 Å². The molecule has 0 saturated carbocycles. The Morgan fingerprint density at radius 3 is 1.82 bits per heavy atom. The van der Waals surface area contributed by atoms with Gasteiger partial charge in [-0.15, -0.1) is 0 Å². The molecule has 0 saturated heterocycles. The third-order valence-electron chi connectivity index (χ3n) is 0.700. The van der Waals surface area contributed by atoms with E-state index in [1.165, 1.54) is 4.90 Å². The van der Waals surface area contributed by atoms with Gasteiger partial charge in [0.2, 0.25) is 0 Å². The summed E-state index contributed by atoms with van der Waals surface area (Å²) in [5.74, 6) is -0.101. The molecule has 11 heavy (non-hydrogen) atoms. The van der Waals surface area contributed by atoms with Crippen molar-refractivity contribution in [3.8, 4) is 0 Å². The second-order valence-corrected chi connectivity index (χ2v) is 1.78. The van der Waals surface area contributed by atoms with Crippen molar-refractivity contribution in [1.29, 1.82) is 10.8 Å². The van der Waals surface area contributed by atoms with E-state index >= 15 is 0 Å². The summed E-state index contributed by atoms with van der Waals surface area (Å²) in [5, 5.41) is 16.1. The number of hydrogen-bond acceptors (Lipinski definition) is 2. The molecule has 60 valence electrons. The molecule has 7 heteroatoms. The van der Waals surface area contributed by atoms with E-state index in [0.717, 1.165) is 0 Å². The van der Waals surface area contributed by atoms with Crippen LogP contribution in [0.1, 0.15) is 0 Å². The van der Waals surface area contributed by atoms with Crippen molar-refractivity contribution in [1.82, 2.24) is 10.2 Å². The smallest absolute Gasteiger partial charge is 1.00 e. The standard InChI is InChI=1S/C4H11N5.FH.K/c1-9(2)4(7)8-3(5)6;;/h1-2H3,(H5,5,6,7,8);1H;/q;;+1/p-1. The third-order valence-corrected chi connectivity index (χ3v) is 0.700. The van der Waals surface area contributed by atoms with Gasteiger partial charge in [0.05, 0.1) is 0 Å². The first-order valence-corrected chi connectivity index (χ1v) is 2.41. The van der Waals surface area contributed by atoms with Crippen LogP contribution >= 0.6 is 0 Å². The first-order chi connectivity index (χ1) is 4.04. The first-order valence-electron chi connectivity index (χ1n) is 2.41. The van der Waals surface area contributed by atoms with Crippen molar-refractivity contribution in [2.45, 2.75) is 0 Å². The summed E-state index contributed by atoms with van der Waals surface area (Å²) in [4.78, 5) is 1.52. The topological polar surface area (TPSA) is 89.0 Å². The number of hydrogen-bond donors (Lipinski definition) is 4. The predicted octanol–water partition coefficient (Wildman–Crippen LogP) is -7.03. The molecule has 0 aliphatic carbocycles. The maximum atomic E-state index is 7.07. The summed E-state index contributed by atoms with van der Waals surface area (Å²) >= 11 is 0. The minimum absolute atomic E-state index is 0. The second-order valence-electron chi connectivity index (χ2n) is 1.78. The molecule has 0 aromatic rings. The number of nitrogens with zero attached hydrogens (tertiary/aromatic N) is 1. The van der Waals surface area contributed by atoms with Gasteiger partial charge in [0, 0.05) is 14.1 Å². The zero-order valence-electron chi connectivity index (χ0n) is 6.90. The quantitative estimate of drug-likeness (QED) is 0.173. The van der Waals surface area contributed by atoms with E-state index < -0.39 is 0 Å². The fourth-order valence-corrected chi connectivity index (χ4v) is 0.239. The number of nitrogens with one attached hydrogen (secondary N) is 3. The summed E-state index contributed by atoms with van der Waals surface area (Å²) in [5.41, 5.74) is 4.94. The van der Waals surface area contributed by atoms with Gasteiger partial charge in [0.1, 0.15) is 0 Å². The van der Waals surface area contributed by atoms with Crippen molar-refractivity contribution in [3.63, 3.8) is 0 Å².